The quantitative estimate of drug-likeness (QED) is 0.587. The number of allylic oxidation sites excluding steroid dienone is 1. The van der Waals surface area contributed by atoms with Crippen LogP contribution in [0.5, 0.6) is 0 Å². The monoisotopic (exact) mass is 341 g/mol. The summed E-state index contributed by atoms with van der Waals surface area (Å²) in [4.78, 5) is 24.4. The predicted octanol–water partition coefficient (Wildman–Crippen LogP) is 1.85. The zero-order valence-electron chi connectivity index (χ0n) is 11.7. The van der Waals surface area contributed by atoms with Crippen LogP contribution in [0, 0.1) is 6.07 Å². The Morgan fingerprint density at radius 2 is 1.85 bits per heavy atom. The van der Waals surface area contributed by atoms with Gasteiger partial charge in [-0.05, 0) is 17.3 Å². The van der Waals surface area contributed by atoms with E-state index in [2.05, 4.69) is 36.9 Å². The Morgan fingerprint density at radius 1 is 1.20 bits per heavy atom. The molecule has 0 saturated heterocycles. The molecule has 3 rings (SSSR count). The molecule has 2 aromatic carbocycles. The minimum atomic E-state index is -0.525. The molecule has 1 radical (unpaired) electrons. The number of rotatable bonds is 1. The van der Waals surface area contributed by atoms with E-state index in [0.717, 1.165) is 11.4 Å². The first-order chi connectivity index (χ1) is 8.93. The third kappa shape index (κ3) is 2.04. The SMILES string of the molecule is CN1/C(=C/c2[c-]c(=O)c2=O)C(C)(C)c2ccccc21.[Y]. The maximum atomic E-state index is 11.4. The number of fused-ring (bicyclic) bond motifs is 1. The van der Waals surface area contributed by atoms with Crippen molar-refractivity contribution < 1.29 is 32.7 Å². The minimum absolute atomic E-state index is 0. The molecule has 0 unspecified atom stereocenters. The number of hydrogen-bond donors (Lipinski definition) is 0. The van der Waals surface area contributed by atoms with Crippen LogP contribution in [0.2, 0.25) is 0 Å². The van der Waals surface area contributed by atoms with Crippen molar-refractivity contribution in [2.75, 3.05) is 11.9 Å². The van der Waals surface area contributed by atoms with E-state index >= 15 is 0 Å². The molecular formula is C16H14NO2Y-. The summed E-state index contributed by atoms with van der Waals surface area (Å²) >= 11 is 0. The Labute approximate surface area is 142 Å². The molecule has 0 N–H and O–H groups in total. The number of anilines is 1. The van der Waals surface area contributed by atoms with Crippen LogP contribution >= 0.6 is 0 Å². The van der Waals surface area contributed by atoms with Crippen LogP contribution in [0.15, 0.2) is 39.6 Å². The van der Waals surface area contributed by atoms with Crippen LogP contribution in [0.1, 0.15) is 25.0 Å². The number of para-hydroxylation sites is 1. The van der Waals surface area contributed by atoms with Crippen LogP contribution < -0.4 is 15.8 Å². The molecule has 0 spiro atoms. The molecule has 0 saturated carbocycles. The van der Waals surface area contributed by atoms with E-state index in [4.69, 9.17) is 0 Å². The Hall–Kier alpha value is -1.06. The molecule has 1 aliphatic heterocycles. The first kappa shape index (κ1) is 15.3. The predicted molar refractivity (Wildman–Crippen MR) is 76.0 cm³/mol. The summed E-state index contributed by atoms with van der Waals surface area (Å²) in [5, 5.41) is 0. The number of nitrogens with zero attached hydrogens (tertiary/aromatic N) is 1. The minimum Gasteiger partial charge on any atom is -0.356 e. The van der Waals surface area contributed by atoms with Gasteiger partial charge in [0.2, 0.25) is 0 Å². The summed E-state index contributed by atoms with van der Waals surface area (Å²) in [5.41, 5.74) is 2.61. The zero-order chi connectivity index (χ0) is 13.8. The largest absolute Gasteiger partial charge is 0.356 e. The number of likely N-dealkylation sites (N-methyl/N-ethyl adjacent to an activating group) is 1. The van der Waals surface area contributed by atoms with Gasteiger partial charge in [-0.2, -0.15) is 0 Å². The Balaban J connectivity index is 0.00000147. The Kier molecular flexibility index (Phi) is 3.87. The fourth-order valence-corrected chi connectivity index (χ4v) is 2.79. The van der Waals surface area contributed by atoms with Gasteiger partial charge in [0.05, 0.1) is 0 Å². The molecule has 20 heavy (non-hydrogen) atoms. The maximum absolute atomic E-state index is 11.4. The second-order valence-corrected chi connectivity index (χ2v) is 5.43. The summed E-state index contributed by atoms with van der Waals surface area (Å²) in [5.74, 6) is 0. The van der Waals surface area contributed by atoms with Crippen molar-refractivity contribution in [2.24, 2.45) is 0 Å². The van der Waals surface area contributed by atoms with Gasteiger partial charge in [0, 0.05) is 50.9 Å². The Bertz CT molecular complexity index is 767. The average Bonchev–Trinajstić information content (AvgIpc) is 2.59. The van der Waals surface area contributed by atoms with Gasteiger partial charge in [-0.25, -0.2) is 0 Å². The molecule has 1 aliphatic rings. The van der Waals surface area contributed by atoms with Crippen molar-refractivity contribution in [1.82, 2.24) is 0 Å². The van der Waals surface area contributed by atoms with Gasteiger partial charge >= 0.3 is 0 Å². The average molecular weight is 341 g/mol. The van der Waals surface area contributed by atoms with E-state index < -0.39 is 10.9 Å². The zero-order valence-corrected chi connectivity index (χ0v) is 14.6. The first-order valence-electron chi connectivity index (χ1n) is 6.21. The second-order valence-electron chi connectivity index (χ2n) is 5.43. The molecule has 1 heterocycles. The topological polar surface area (TPSA) is 37.4 Å². The van der Waals surface area contributed by atoms with Crippen molar-refractivity contribution in [1.29, 1.82) is 0 Å². The van der Waals surface area contributed by atoms with Crippen molar-refractivity contribution in [3.8, 4) is 0 Å². The smallest absolute Gasteiger partial charge is 0.142 e. The summed E-state index contributed by atoms with van der Waals surface area (Å²) in [6, 6.07) is 10.7. The van der Waals surface area contributed by atoms with Gasteiger partial charge in [-0.15, -0.1) is 6.08 Å². The van der Waals surface area contributed by atoms with Crippen LogP contribution in [0.4, 0.5) is 5.69 Å². The van der Waals surface area contributed by atoms with E-state index in [1.807, 2.05) is 19.2 Å². The number of hydrogen-bond acceptors (Lipinski definition) is 3. The molecule has 0 aromatic heterocycles. The maximum Gasteiger partial charge on any atom is 0.142 e. The van der Waals surface area contributed by atoms with E-state index in [9.17, 15) is 9.59 Å². The van der Waals surface area contributed by atoms with Gasteiger partial charge in [0.25, 0.3) is 0 Å². The summed E-state index contributed by atoms with van der Waals surface area (Å²) in [6.07, 6.45) is 1.78. The van der Waals surface area contributed by atoms with E-state index in [1.165, 1.54) is 5.56 Å². The van der Waals surface area contributed by atoms with Crippen LogP contribution in [-0.2, 0) is 38.1 Å². The normalized spacial score (nSPS) is 18.1. The molecular weight excluding hydrogens is 327 g/mol. The fraction of sp³-hybridized carbons (Fsp3) is 0.250. The molecule has 4 heteroatoms. The van der Waals surface area contributed by atoms with Gasteiger partial charge in [0.1, 0.15) is 10.9 Å². The molecule has 0 amide bonds. The number of benzene rings is 1. The molecule has 2 aromatic rings. The van der Waals surface area contributed by atoms with E-state index in [-0.39, 0.29) is 38.1 Å². The standard InChI is InChI=1S/C16H14NO2.Y/c1-16(2)11-6-4-5-7-12(11)17(3)14(16)9-10-8-13(18)15(10)19;/h4-7,9H,1-3H3;/q-1;/b14-9+;. The third-order valence-electron chi connectivity index (χ3n) is 3.92. The summed E-state index contributed by atoms with van der Waals surface area (Å²) in [6.45, 7) is 4.24. The summed E-state index contributed by atoms with van der Waals surface area (Å²) in [7, 11) is 1.98. The third-order valence-corrected chi connectivity index (χ3v) is 3.92. The van der Waals surface area contributed by atoms with Gasteiger partial charge in [-0.1, -0.05) is 43.7 Å². The van der Waals surface area contributed by atoms with Crippen molar-refractivity contribution in [3.63, 3.8) is 0 Å². The Morgan fingerprint density at radius 3 is 2.40 bits per heavy atom. The van der Waals surface area contributed by atoms with Gasteiger partial charge in [-0.3, -0.25) is 0 Å². The van der Waals surface area contributed by atoms with E-state index in [1.54, 1.807) is 6.08 Å². The second kappa shape index (κ2) is 5.05. The fourth-order valence-electron chi connectivity index (χ4n) is 2.79. The van der Waals surface area contributed by atoms with Crippen LogP contribution in [0.25, 0.3) is 6.08 Å². The van der Waals surface area contributed by atoms with Gasteiger partial charge < -0.3 is 14.5 Å². The van der Waals surface area contributed by atoms with Crippen LogP contribution in [0.3, 0.4) is 0 Å². The molecule has 99 valence electrons. The van der Waals surface area contributed by atoms with E-state index in [0.29, 0.717) is 5.56 Å². The van der Waals surface area contributed by atoms with Crippen LogP contribution in [-0.4, -0.2) is 7.05 Å². The molecule has 0 bridgehead atoms. The van der Waals surface area contributed by atoms with Crippen molar-refractivity contribution >= 4 is 11.8 Å². The molecule has 0 atom stereocenters. The van der Waals surface area contributed by atoms with Crippen molar-refractivity contribution in [2.45, 2.75) is 19.3 Å². The molecule has 0 aliphatic carbocycles. The molecule has 3 nitrogen and oxygen atoms in total. The summed E-state index contributed by atoms with van der Waals surface area (Å²) < 4.78 is 0. The van der Waals surface area contributed by atoms with Gasteiger partial charge in [0.15, 0.2) is 0 Å². The molecule has 0 fully saturated rings. The van der Waals surface area contributed by atoms with Crippen molar-refractivity contribution in [3.05, 3.63) is 67.6 Å². The first-order valence-corrected chi connectivity index (χ1v) is 6.21.